The van der Waals surface area contributed by atoms with Crippen molar-refractivity contribution in [3.63, 3.8) is 0 Å². The third-order valence-electron chi connectivity index (χ3n) is 4.97. The molecular formula is C20H23N3O3. The first kappa shape index (κ1) is 18.1. The van der Waals surface area contributed by atoms with Crippen molar-refractivity contribution < 1.29 is 9.72 Å². The predicted octanol–water partition coefficient (Wildman–Crippen LogP) is 3.16. The van der Waals surface area contributed by atoms with E-state index in [9.17, 15) is 14.9 Å². The first-order chi connectivity index (χ1) is 12.6. The van der Waals surface area contributed by atoms with Crippen molar-refractivity contribution in [2.45, 2.75) is 32.4 Å². The summed E-state index contributed by atoms with van der Waals surface area (Å²) in [6.45, 7) is 4.51. The summed E-state index contributed by atoms with van der Waals surface area (Å²) in [5.74, 6) is -0.274. The van der Waals surface area contributed by atoms with Gasteiger partial charge in [-0.05, 0) is 30.0 Å². The minimum atomic E-state index is -0.489. The van der Waals surface area contributed by atoms with Gasteiger partial charge in [0.25, 0.3) is 11.6 Å². The number of benzene rings is 2. The van der Waals surface area contributed by atoms with E-state index in [1.165, 1.54) is 29.3 Å². The Bertz CT molecular complexity index is 806. The first-order valence-electron chi connectivity index (χ1n) is 8.92. The Morgan fingerprint density at radius 1 is 1.23 bits per heavy atom. The third kappa shape index (κ3) is 4.08. The summed E-state index contributed by atoms with van der Waals surface area (Å²) in [7, 11) is 0. The van der Waals surface area contributed by atoms with Crippen molar-refractivity contribution in [2.24, 2.45) is 0 Å². The van der Waals surface area contributed by atoms with Crippen molar-refractivity contribution in [3.05, 3.63) is 75.3 Å². The normalized spacial score (nSPS) is 15.1. The average molecular weight is 353 g/mol. The number of nitrogens with one attached hydrogen (secondary N) is 1. The molecule has 0 bridgehead atoms. The summed E-state index contributed by atoms with van der Waals surface area (Å²) in [6, 6.07) is 14.5. The molecule has 0 aromatic heterocycles. The fourth-order valence-electron chi connectivity index (χ4n) is 3.43. The number of carbonyl (C=O) groups excluding carboxylic acids is 1. The molecule has 1 N–H and O–H groups in total. The Morgan fingerprint density at radius 3 is 2.73 bits per heavy atom. The Morgan fingerprint density at radius 2 is 2.00 bits per heavy atom. The van der Waals surface area contributed by atoms with Gasteiger partial charge in [0.1, 0.15) is 0 Å². The lowest BCUT2D eigenvalue weighted by molar-refractivity contribution is -0.384. The van der Waals surface area contributed by atoms with E-state index >= 15 is 0 Å². The zero-order valence-corrected chi connectivity index (χ0v) is 14.9. The summed E-state index contributed by atoms with van der Waals surface area (Å²) in [6.07, 6.45) is 1.95. The Balaban J connectivity index is 1.62. The molecule has 0 spiro atoms. The highest BCUT2D eigenvalue weighted by atomic mass is 16.6. The molecule has 6 heteroatoms. The van der Waals surface area contributed by atoms with Gasteiger partial charge in [-0.3, -0.25) is 19.8 Å². The smallest absolute Gasteiger partial charge is 0.270 e. The van der Waals surface area contributed by atoms with E-state index in [0.29, 0.717) is 12.1 Å². The molecule has 26 heavy (non-hydrogen) atoms. The molecule has 1 unspecified atom stereocenters. The average Bonchev–Trinajstić information content (AvgIpc) is 2.68. The van der Waals surface area contributed by atoms with Crippen LogP contribution in [0.5, 0.6) is 0 Å². The summed E-state index contributed by atoms with van der Waals surface area (Å²) in [5.41, 5.74) is 3.00. The number of nitro groups is 1. The lowest BCUT2D eigenvalue weighted by atomic mass is 9.98. The second-order valence-electron chi connectivity index (χ2n) is 6.57. The molecule has 6 nitrogen and oxygen atoms in total. The van der Waals surface area contributed by atoms with Gasteiger partial charge in [-0.15, -0.1) is 0 Å². The van der Waals surface area contributed by atoms with Gasteiger partial charge in [0.05, 0.1) is 4.92 Å². The molecule has 0 saturated carbocycles. The maximum Gasteiger partial charge on any atom is 0.270 e. The Kier molecular flexibility index (Phi) is 5.63. The highest BCUT2D eigenvalue weighted by Gasteiger charge is 2.23. The zero-order chi connectivity index (χ0) is 18.5. The second kappa shape index (κ2) is 8.10. The zero-order valence-electron chi connectivity index (χ0n) is 14.9. The van der Waals surface area contributed by atoms with Crippen LogP contribution in [0.1, 0.15) is 34.8 Å². The molecule has 1 aliphatic heterocycles. The molecule has 0 saturated heterocycles. The minimum Gasteiger partial charge on any atom is -0.350 e. The standard InChI is InChI=1S/C20H23N3O3/c1-2-18(22-11-10-15-6-3-4-7-17(15)14-22)13-21-20(24)16-8-5-9-19(12-16)23(25)26/h3-9,12,18H,2,10-11,13-14H2,1H3,(H,21,24). The van der Waals surface area contributed by atoms with E-state index in [0.717, 1.165) is 25.9 Å². The lowest BCUT2D eigenvalue weighted by Crippen LogP contribution is -2.45. The number of hydrogen-bond donors (Lipinski definition) is 1. The molecule has 1 amide bonds. The number of amides is 1. The van der Waals surface area contributed by atoms with Crippen LogP contribution in [0.2, 0.25) is 0 Å². The number of rotatable bonds is 6. The van der Waals surface area contributed by atoms with E-state index < -0.39 is 4.92 Å². The molecule has 0 fully saturated rings. The highest BCUT2D eigenvalue weighted by molar-refractivity contribution is 5.94. The van der Waals surface area contributed by atoms with E-state index in [2.05, 4.69) is 41.4 Å². The van der Waals surface area contributed by atoms with Crippen LogP contribution < -0.4 is 5.32 Å². The van der Waals surface area contributed by atoms with E-state index in [4.69, 9.17) is 0 Å². The molecule has 1 atom stereocenters. The second-order valence-corrected chi connectivity index (χ2v) is 6.57. The van der Waals surface area contributed by atoms with E-state index in [1.807, 2.05) is 0 Å². The van der Waals surface area contributed by atoms with Crippen molar-refractivity contribution in [1.82, 2.24) is 10.2 Å². The van der Waals surface area contributed by atoms with Gasteiger partial charge < -0.3 is 5.32 Å². The summed E-state index contributed by atoms with van der Waals surface area (Å²) < 4.78 is 0. The minimum absolute atomic E-state index is 0.0719. The number of carbonyl (C=O) groups is 1. The van der Waals surface area contributed by atoms with Gasteiger partial charge in [-0.2, -0.15) is 0 Å². The molecule has 1 aliphatic rings. The van der Waals surface area contributed by atoms with E-state index in [1.54, 1.807) is 6.07 Å². The van der Waals surface area contributed by atoms with Gasteiger partial charge in [-0.25, -0.2) is 0 Å². The number of fused-ring (bicyclic) bond motifs is 1. The van der Waals surface area contributed by atoms with Crippen LogP contribution >= 0.6 is 0 Å². The molecule has 0 aliphatic carbocycles. The maximum atomic E-state index is 12.4. The van der Waals surface area contributed by atoms with Gasteiger partial charge in [0.15, 0.2) is 0 Å². The van der Waals surface area contributed by atoms with Crippen molar-refractivity contribution in [1.29, 1.82) is 0 Å². The summed E-state index contributed by atoms with van der Waals surface area (Å²) in [4.78, 5) is 25.1. The summed E-state index contributed by atoms with van der Waals surface area (Å²) in [5, 5.41) is 13.8. The van der Waals surface area contributed by atoms with Crippen LogP contribution in [-0.4, -0.2) is 34.9 Å². The fraction of sp³-hybridized carbons (Fsp3) is 0.350. The van der Waals surface area contributed by atoms with Crippen molar-refractivity contribution >= 4 is 11.6 Å². The van der Waals surface area contributed by atoms with Gasteiger partial charge in [-0.1, -0.05) is 37.3 Å². The number of non-ortho nitro benzene ring substituents is 1. The van der Waals surface area contributed by atoms with Crippen LogP contribution in [0.25, 0.3) is 0 Å². The first-order valence-corrected chi connectivity index (χ1v) is 8.92. The van der Waals surface area contributed by atoms with Gasteiger partial charge in [0, 0.05) is 43.4 Å². The molecule has 2 aromatic rings. The Labute approximate surface area is 153 Å². The van der Waals surface area contributed by atoms with Gasteiger partial charge in [0.2, 0.25) is 0 Å². The predicted molar refractivity (Wildman–Crippen MR) is 100 cm³/mol. The molecule has 0 radical (unpaired) electrons. The largest absolute Gasteiger partial charge is 0.350 e. The third-order valence-corrected chi connectivity index (χ3v) is 4.97. The molecular weight excluding hydrogens is 330 g/mol. The topological polar surface area (TPSA) is 75.5 Å². The van der Waals surface area contributed by atoms with Gasteiger partial charge >= 0.3 is 0 Å². The number of nitro benzene ring substituents is 1. The monoisotopic (exact) mass is 353 g/mol. The molecule has 3 rings (SSSR count). The van der Waals surface area contributed by atoms with Crippen LogP contribution in [-0.2, 0) is 13.0 Å². The summed E-state index contributed by atoms with van der Waals surface area (Å²) >= 11 is 0. The molecule has 1 heterocycles. The number of nitrogens with zero attached hydrogens (tertiary/aromatic N) is 2. The molecule has 136 valence electrons. The Hall–Kier alpha value is -2.73. The maximum absolute atomic E-state index is 12.4. The van der Waals surface area contributed by atoms with Crippen LogP contribution in [0.3, 0.4) is 0 Å². The van der Waals surface area contributed by atoms with Crippen LogP contribution in [0, 0.1) is 10.1 Å². The molecule has 2 aromatic carbocycles. The van der Waals surface area contributed by atoms with E-state index in [-0.39, 0.29) is 17.6 Å². The highest BCUT2D eigenvalue weighted by Crippen LogP contribution is 2.21. The van der Waals surface area contributed by atoms with Crippen molar-refractivity contribution in [2.75, 3.05) is 13.1 Å². The SMILES string of the molecule is CCC(CNC(=O)c1cccc([N+](=O)[O-])c1)N1CCc2ccccc2C1. The lowest BCUT2D eigenvalue weighted by Gasteiger charge is -2.35. The van der Waals surface area contributed by atoms with Crippen LogP contribution in [0.4, 0.5) is 5.69 Å². The van der Waals surface area contributed by atoms with Crippen LogP contribution in [0.15, 0.2) is 48.5 Å². The fourth-order valence-corrected chi connectivity index (χ4v) is 3.43. The number of hydrogen-bond acceptors (Lipinski definition) is 4. The van der Waals surface area contributed by atoms with Crippen molar-refractivity contribution in [3.8, 4) is 0 Å². The quantitative estimate of drug-likeness (QED) is 0.639.